The van der Waals surface area contributed by atoms with Gasteiger partial charge in [-0.25, -0.2) is 0 Å². The minimum absolute atomic E-state index is 0.136. The molecule has 1 aromatic heterocycles. The number of aryl methyl sites for hydroxylation is 1. The molecule has 0 fully saturated rings. The van der Waals surface area contributed by atoms with E-state index in [0.717, 1.165) is 21.2 Å². The van der Waals surface area contributed by atoms with Crippen LogP contribution in [0.2, 0.25) is 0 Å². The van der Waals surface area contributed by atoms with Crippen LogP contribution in [0.5, 0.6) is 0 Å². The summed E-state index contributed by atoms with van der Waals surface area (Å²) in [4.78, 5) is 12.0. The third kappa shape index (κ3) is 3.15. The van der Waals surface area contributed by atoms with Crippen molar-refractivity contribution in [3.05, 3.63) is 51.4 Å². The number of aromatic nitrogens is 2. The lowest BCUT2D eigenvalue weighted by molar-refractivity contribution is 0.0993. The van der Waals surface area contributed by atoms with Crippen LogP contribution in [-0.4, -0.2) is 15.6 Å². The molecule has 0 spiro atoms. The minimum Gasteiger partial charge on any atom is -0.294 e. The summed E-state index contributed by atoms with van der Waals surface area (Å²) in [6.45, 7) is 2.86. The van der Waals surface area contributed by atoms with Gasteiger partial charge in [0.05, 0.1) is 6.20 Å². The fraction of sp³-hybridized carbons (Fsp3) is 0.231. The van der Waals surface area contributed by atoms with E-state index < -0.39 is 0 Å². The first-order chi connectivity index (χ1) is 8.19. The van der Waals surface area contributed by atoms with Crippen molar-refractivity contribution < 1.29 is 4.79 Å². The molecule has 0 radical (unpaired) electrons. The zero-order chi connectivity index (χ0) is 12.3. The average Bonchev–Trinajstić information content (AvgIpc) is 2.77. The van der Waals surface area contributed by atoms with Crippen LogP contribution < -0.4 is 0 Å². The van der Waals surface area contributed by atoms with Gasteiger partial charge >= 0.3 is 0 Å². The van der Waals surface area contributed by atoms with Gasteiger partial charge in [-0.1, -0.05) is 12.1 Å². The van der Waals surface area contributed by atoms with Crippen molar-refractivity contribution in [2.45, 2.75) is 19.9 Å². The van der Waals surface area contributed by atoms with Crippen LogP contribution in [0.15, 0.2) is 36.7 Å². The van der Waals surface area contributed by atoms with Gasteiger partial charge in [-0.15, -0.1) is 0 Å². The molecular weight excluding hydrogens is 327 g/mol. The lowest BCUT2D eigenvalue weighted by Crippen LogP contribution is -2.02. The summed E-state index contributed by atoms with van der Waals surface area (Å²) < 4.78 is 2.97. The fourth-order valence-corrected chi connectivity index (χ4v) is 1.95. The van der Waals surface area contributed by atoms with Crippen molar-refractivity contribution in [2.24, 2.45) is 0 Å². The van der Waals surface area contributed by atoms with Gasteiger partial charge in [0.2, 0.25) is 0 Å². The van der Waals surface area contributed by atoms with E-state index in [1.54, 1.807) is 6.20 Å². The molecule has 0 saturated carbocycles. The molecule has 0 aliphatic rings. The van der Waals surface area contributed by atoms with Crippen molar-refractivity contribution in [3.63, 3.8) is 0 Å². The zero-order valence-corrected chi connectivity index (χ0v) is 11.7. The highest BCUT2D eigenvalue weighted by Crippen LogP contribution is 2.10. The maximum atomic E-state index is 12.0. The summed E-state index contributed by atoms with van der Waals surface area (Å²) in [5.74, 6) is 0.136. The normalized spacial score (nSPS) is 10.5. The molecule has 3 nitrogen and oxygen atoms in total. The van der Waals surface area contributed by atoms with Crippen LogP contribution in [0.3, 0.4) is 0 Å². The largest absolute Gasteiger partial charge is 0.294 e. The first kappa shape index (κ1) is 12.3. The Hall–Kier alpha value is -1.17. The quantitative estimate of drug-likeness (QED) is 0.634. The van der Waals surface area contributed by atoms with E-state index in [1.165, 1.54) is 0 Å². The Bertz CT molecular complexity index is 516. The minimum atomic E-state index is 0.136. The molecule has 0 amide bonds. The van der Waals surface area contributed by atoms with Crippen LogP contribution in [0.4, 0.5) is 0 Å². The predicted octanol–water partition coefficient (Wildman–Crippen LogP) is 2.93. The summed E-state index contributed by atoms with van der Waals surface area (Å²) in [7, 11) is 0. The molecule has 88 valence electrons. The molecule has 0 bridgehead atoms. The van der Waals surface area contributed by atoms with E-state index in [4.69, 9.17) is 0 Å². The molecule has 2 aromatic rings. The first-order valence-electron chi connectivity index (χ1n) is 5.49. The van der Waals surface area contributed by atoms with Crippen molar-refractivity contribution in [3.8, 4) is 0 Å². The molecule has 0 N–H and O–H groups in total. The maximum absolute atomic E-state index is 12.0. The third-order valence-corrected chi connectivity index (χ3v) is 3.26. The molecule has 4 heteroatoms. The Morgan fingerprint density at radius 3 is 2.65 bits per heavy atom. The van der Waals surface area contributed by atoms with E-state index in [1.807, 2.05) is 42.1 Å². The summed E-state index contributed by atoms with van der Waals surface area (Å²) in [5, 5.41) is 4.16. The Morgan fingerprint density at radius 1 is 1.35 bits per heavy atom. The van der Waals surface area contributed by atoms with Gasteiger partial charge in [0, 0.05) is 28.3 Å². The molecule has 0 aliphatic carbocycles. The van der Waals surface area contributed by atoms with Crippen LogP contribution in [0.1, 0.15) is 22.8 Å². The first-order valence-corrected chi connectivity index (χ1v) is 6.57. The van der Waals surface area contributed by atoms with Crippen LogP contribution in [-0.2, 0) is 13.0 Å². The van der Waals surface area contributed by atoms with Gasteiger partial charge in [0.15, 0.2) is 5.78 Å². The van der Waals surface area contributed by atoms with Crippen LogP contribution in [0, 0.1) is 3.57 Å². The molecule has 0 aliphatic heterocycles. The van der Waals surface area contributed by atoms with Gasteiger partial charge in [0.1, 0.15) is 0 Å². The standard InChI is InChI=1S/C13H13IN2O/c1-2-16-9-10(8-15-16)7-13(17)11-3-5-12(14)6-4-11/h3-6,8-9H,2,7H2,1H3. The summed E-state index contributed by atoms with van der Waals surface area (Å²) in [6.07, 6.45) is 4.10. The van der Waals surface area contributed by atoms with E-state index in [0.29, 0.717) is 6.42 Å². The zero-order valence-electron chi connectivity index (χ0n) is 9.56. The van der Waals surface area contributed by atoms with Crippen molar-refractivity contribution in [2.75, 3.05) is 0 Å². The number of hydrogen-bond acceptors (Lipinski definition) is 2. The Labute approximate surface area is 114 Å². The summed E-state index contributed by atoms with van der Waals surface area (Å²) in [5.41, 5.74) is 1.73. The molecule has 0 saturated heterocycles. The topological polar surface area (TPSA) is 34.9 Å². The monoisotopic (exact) mass is 340 g/mol. The molecular formula is C13H13IN2O. The number of hydrogen-bond donors (Lipinski definition) is 0. The number of carbonyl (C=O) groups is 1. The van der Waals surface area contributed by atoms with Gasteiger partial charge in [0.25, 0.3) is 0 Å². The van der Waals surface area contributed by atoms with Gasteiger partial charge in [-0.05, 0) is 47.2 Å². The molecule has 17 heavy (non-hydrogen) atoms. The molecule has 1 heterocycles. The summed E-state index contributed by atoms with van der Waals surface area (Å²) >= 11 is 2.23. The van der Waals surface area contributed by atoms with Crippen LogP contribution in [0.25, 0.3) is 0 Å². The number of benzene rings is 1. The lowest BCUT2D eigenvalue weighted by atomic mass is 10.1. The van der Waals surface area contributed by atoms with E-state index in [9.17, 15) is 4.79 Å². The molecule has 2 rings (SSSR count). The summed E-state index contributed by atoms with van der Waals surface area (Å²) in [6, 6.07) is 7.63. The second-order valence-corrected chi connectivity index (χ2v) is 5.06. The lowest BCUT2D eigenvalue weighted by Gasteiger charge is -1.99. The average molecular weight is 340 g/mol. The predicted molar refractivity (Wildman–Crippen MR) is 75.1 cm³/mol. The highest BCUT2D eigenvalue weighted by molar-refractivity contribution is 14.1. The van der Waals surface area contributed by atoms with E-state index in [-0.39, 0.29) is 5.78 Å². The maximum Gasteiger partial charge on any atom is 0.167 e. The molecule has 1 aromatic carbocycles. The SMILES string of the molecule is CCn1cc(CC(=O)c2ccc(I)cc2)cn1. The highest BCUT2D eigenvalue weighted by Gasteiger charge is 2.08. The van der Waals surface area contributed by atoms with E-state index in [2.05, 4.69) is 27.7 Å². The number of halogens is 1. The van der Waals surface area contributed by atoms with Gasteiger partial charge in [-0.2, -0.15) is 5.10 Å². The van der Waals surface area contributed by atoms with E-state index >= 15 is 0 Å². The van der Waals surface area contributed by atoms with Crippen molar-refractivity contribution in [1.29, 1.82) is 0 Å². The number of Topliss-reactive ketones (excluding diaryl/α,β-unsaturated/α-hetero) is 1. The second-order valence-electron chi connectivity index (χ2n) is 3.81. The number of nitrogens with zero attached hydrogens (tertiary/aromatic N) is 2. The molecule has 0 unspecified atom stereocenters. The number of ketones is 1. The highest BCUT2D eigenvalue weighted by atomic mass is 127. The fourth-order valence-electron chi connectivity index (χ4n) is 1.59. The smallest absolute Gasteiger partial charge is 0.167 e. The van der Waals surface area contributed by atoms with Crippen LogP contribution >= 0.6 is 22.6 Å². The van der Waals surface area contributed by atoms with Gasteiger partial charge in [-0.3, -0.25) is 9.48 Å². The van der Waals surface area contributed by atoms with Gasteiger partial charge < -0.3 is 0 Å². The third-order valence-electron chi connectivity index (χ3n) is 2.54. The number of rotatable bonds is 4. The second kappa shape index (κ2) is 5.44. The Balaban J connectivity index is 2.08. The Morgan fingerprint density at radius 2 is 2.06 bits per heavy atom. The molecule has 0 atom stereocenters. The van der Waals surface area contributed by atoms with Crippen molar-refractivity contribution >= 4 is 28.4 Å². The Kier molecular flexibility index (Phi) is 3.93. The van der Waals surface area contributed by atoms with Crippen molar-refractivity contribution in [1.82, 2.24) is 9.78 Å². The number of carbonyl (C=O) groups excluding carboxylic acids is 1.